The SMILES string of the molecule is COc1cc(/C=N\NC(C)=O)cc(Cl)c1O. The number of carbonyl (C=O) groups excluding carboxylic acids is 1. The third-order valence-electron chi connectivity index (χ3n) is 1.71. The predicted molar refractivity (Wildman–Crippen MR) is 61.1 cm³/mol. The number of phenolic OH excluding ortho intramolecular Hbond substituents is 1. The van der Waals surface area contributed by atoms with Crippen LogP contribution in [0.25, 0.3) is 0 Å². The zero-order valence-corrected chi connectivity index (χ0v) is 9.58. The van der Waals surface area contributed by atoms with E-state index in [2.05, 4.69) is 10.5 Å². The normalized spacial score (nSPS) is 10.4. The Balaban J connectivity index is 2.93. The quantitative estimate of drug-likeness (QED) is 0.624. The van der Waals surface area contributed by atoms with E-state index in [1.807, 2.05) is 0 Å². The molecule has 16 heavy (non-hydrogen) atoms. The summed E-state index contributed by atoms with van der Waals surface area (Å²) >= 11 is 5.76. The van der Waals surface area contributed by atoms with Crippen molar-refractivity contribution in [3.05, 3.63) is 22.7 Å². The van der Waals surface area contributed by atoms with Crippen molar-refractivity contribution in [3.63, 3.8) is 0 Å². The molecule has 1 aromatic carbocycles. The van der Waals surface area contributed by atoms with Crippen molar-refractivity contribution < 1.29 is 14.6 Å². The molecule has 86 valence electrons. The van der Waals surface area contributed by atoms with Crippen LogP contribution in [0.3, 0.4) is 0 Å². The van der Waals surface area contributed by atoms with Gasteiger partial charge in [-0.25, -0.2) is 5.43 Å². The Morgan fingerprint density at radius 3 is 2.88 bits per heavy atom. The Bertz CT molecular complexity index is 432. The van der Waals surface area contributed by atoms with Gasteiger partial charge in [-0.3, -0.25) is 4.79 Å². The first-order valence-corrected chi connectivity index (χ1v) is 4.78. The lowest BCUT2D eigenvalue weighted by Gasteiger charge is -2.05. The average molecular weight is 243 g/mol. The number of hydrazone groups is 1. The van der Waals surface area contributed by atoms with Crippen LogP contribution in [0.15, 0.2) is 17.2 Å². The molecule has 0 radical (unpaired) electrons. The van der Waals surface area contributed by atoms with Gasteiger partial charge in [0.2, 0.25) is 5.91 Å². The van der Waals surface area contributed by atoms with Crippen molar-refractivity contribution in [1.29, 1.82) is 0 Å². The third-order valence-corrected chi connectivity index (χ3v) is 1.99. The number of amides is 1. The molecular formula is C10H11ClN2O3. The Kier molecular flexibility index (Phi) is 4.13. The van der Waals surface area contributed by atoms with E-state index in [0.29, 0.717) is 5.56 Å². The van der Waals surface area contributed by atoms with Crippen molar-refractivity contribution in [1.82, 2.24) is 5.43 Å². The first-order valence-electron chi connectivity index (χ1n) is 4.40. The largest absolute Gasteiger partial charge is 0.503 e. The van der Waals surface area contributed by atoms with Crippen molar-refractivity contribution in [2.45, 2.75) is 6.92 Å². The van der Waals surface area contributed by atoms with Gasteiger partial charge in [-0.2, -0.15) is 5.10 Å². The number of aromatic hydroxyl groups is 1. The summed E-state index contributed by atoms with van der Waals surface area (Å²) in [5.41, 5.74) is 2.85. The second-order valence-corrected chi connectivity index (χ2v) is 3.39. The molecule has 0 aliphatic rings. The lowest BCUT2D eigenvalue weighted by molar-refractivity contribution is -0.118. The molecule has 5 nitrogen and oxygen atoms in total. The van der Waals surface area contributed by atoms with E-state index in [1.165, 1.54) is 26.3 Å². The molecule has 0 aliphatic carbocycles. The summed E-state index contributed by atoms with van der Waals surface area (Å²) < 4.78 is 4.91. The number of ether oxygens (including phenoxy) is 1. The highest BCUT2D eigenvalue weighted by molar-refractivity contribution is 6.32. The smallest absolute Gasteiger partial charge is 0.236 e. The fourth-order valence-corrected chi connectivity index (χ4v) is 1.24. The summed E-state index contributed by atoms with van der Waals surface area (Å²) in [7, 11) is 1.42. The van der Waals surface area contributed by atoms with Crippen LogP contribution in [0, 0.1) is 0 Å². The van der Waals surface area contributed by atoms with E-state index in [4.69, 9.17) is 16.3 Å². The molecule has 0 fully saturated rings. The highest BCUT2D eigenvalue weighted by Crippen LogP contribution is 2.34. The second kappa shape index (κ2) is 5.37. The van der Waals surface area contributed by atoms with Crippen LogP contribution in [0.2, 0.25) is 5.02 Å². The maximum Gasteiger partial charge on any atom is 0.236 e. The predicted octanol–water partition coefficient (Wildman–Crippen LogP) is 1.52. The summed E-state index contributed by atoms with van der Waals surface area (Å²) in [5.74, 6) is -0.147. The van der Waals surface area contributed by atoms with Gasteiger partial charge in [-0.1, -0.05) is 11.6 Å². The number of benzene rings is 1. The van der Waals surface area contributed by atoms with E-state index in [1.54, 1.807) is 6.07 Å². The maximum atomic E-state index is 10.6. The Morgan fingerprint density at radius 1 is 1.62 bits per heavy atom. The second-order valence-electron chi connectivity index (χ2n) is 2.98. The molecule has 0 aromatic heterocycles. The summed E-state index contributed by atoms with van der Waals surface area (Å²) in [6, 6.07) is 3.05. The minimum atomic E-state index is -0.270. The van der Waals surface area contributed by atoms with Gasteiger partial charge in [0.15, 0.2) is 11.5 Å². The average Bonchev–Trinajstić information content (AvgIpc) is 2.22. The molecular weight excluding hydrogens is 232 g/mol. The van der Waals surface area contributed by atoms with Gasteiger partial charge in [0.1, 0.15) is 0 Å². The zero-order valence-electron chi connectivity index (χ0n) is 8.82. The summed E-state index contributed by atoms with van der Waals surface area (Å²) in [4.78, 5) is 10.6. The van der Waals surface area contributed by atoms with Crippen LogP contribution in [-0.2, 0) is 4.79 Å². The highest BCUT2D eigenvalue weighted by Gasteiger charge is 2.07. The summed E-state index contributed by atoms with van der Waals surface area (Å²) in [6.07, 6.45) is 1.40. The van der Waals surface area contributed by atoms with Gasteiger partial charge < -0.3 is 9.84 Å². The number of carbonyl (C=O) groups is 1. The molecule has 0 saturated carbocycles. The molecule has 0 saturated heterocycles. The van der Waals surface area contributed by atoms with Gasteiger partial charge in [0.05, 0.1) is 18.3 Å². The molecule has 1 rings (SSSR count). The number of rotatable bonds is 3. The monoisotopic (exact) mass is 242 g/mol. The lowest BCUT2D eigenvalue weighted by atomic mass is 10.2. The van der Waals surface area contributed by atoms with Crippen molar-refractivity contribution in [2.75, 3.05) is 7.11 Å². The van der Waals surface area contributed by atoms with Crippen LogP contribution in [0.5, 0.6) is 11.5 Å². The molecule has 0 heterocycles. The molecule has 6 heteroatoms. The fourth-order valence-electron chi connectivity index (χ4n) is 1.02. The van der Waals surface area contributed by atoms with Crippen molar-refractivity contribution in [2.24, 2.45) is 5.10 Å². The Hall–Kier alpha value is -1.75. The van der Waals surface area contributed by atoms with E-state index in [-0.39, 0.29) is 22.4 Å². The van der Waals surface area contributed by atoms with Gasteiger partial charge >= 0.3 is 0 Å². The standard InChI is InChI=1S/C10H11ClN2O3/c1-6(14)13-12-5-7-3-8(11)10(15)9(4-7)16-2/h3-5,15H,1-2H3,(H,13,14)/b12-5-. The number of halogens is 1. The van der Waals surface area contributed by atoms with E-state index in [0.717, 1.165) is 0 Å². The van der Waals surface area contributed by atoms with E-state index < -0.39 is 0 Å². The number of hydrogen-bond donors (Lipinski definition) is 2. The molecule has 0 spiro atoms. The molecule has 0 atom stereocenters. The minimum absolute atomic E-state index is 0.124. The molecule has 1 amide bonds. The number of hydrogen-bond acceptors (Lipinski definition) is 4. The molecule has 1 aromatic rings. The van der Waals surface area contributed by atoms with Gasteiger partial charge in [-0.05, 0) is 17.7 Å². The van der Waals surface area contributed by atoms with Gasteiger partial charge in [0, 0.05) is 6.92 Å². The number of nitrogens with one attached hydrogen (secondary N) is 1. The van der Waals surface area contributed by atoms with Crippen LogP contribution in [0.1, 0.15) is 12.5 Å². The summed E-state index contributed by atoms with van der Waals surface area (Å²) in [6.45, 7) is 1.35. The Morgan fingerprint density at radius 2 is 2.31 bits per heavy atom. The number of nitrogens with zero attached hydrogens (tertiary/aromatic N) is 1. The van der Waals surface area contributed by atoms with Crippen LogP contribution >= 0.6 is 11.6 Å². The molecule has 0 bridgehead atoms. The highest BCUT2D eigenvalue weighted by atomic mass is 35.5. The minimum Gasteiger partial charge on any atom is -0.503 e. The third kappa shape index (κ3) is 3.13. The molecule has 2 N–H and O–H groups in total. The van der Waals surface area contributed by atoms with Crippen LogP contribution in [-0.4, -0.2) is 24.3 Å². The van der Waals surface area contributed by atoms with Gasteiger partial charge in [0.25, 0.3) is 0 Å². The number of phenols is 1. The maximum absolute atomic E-state index is 10.6. The van der Waals surface area contributed by atoms with Crippen molar-refractivity contribution >= 4 is 23.7 Å². The zero-order chi connectivity index (χ0) is 12.1. The van der Waals surface area contributed by atoms with Crippen LogP contribution in [0.4, 0.5) is 0 Å². The molecule has 0 unspecified atom stereocenters. The fraction of sp³-hybridized carbons (Fsp3) is 0.200. The molecule has 0 aliphatic heterocycles. The first kappa shape index (κ1) is 12.3. The van der Waals surface area contributed by atoms with E-state index >= 15 is 0 Å². The van der Waals surface area contributed by atoms with Crippen LogP contribution < -0.4 is 10.2 Å². The first-order chi connectivity index (χ1) is 7.54. The Labute approximate surface area is 97.7 Å². The van der Waals surface area contributed by atoms with Crippen molar-refractivity contribution in [3.8, 4) is 11.5 Å². The van der Waals surface area contributed by atoms with Gasteiger partial charge in [-0.15, -0.1) is 0 Å². The number of methoxy groups -OCH3 is 1. The van der Waals surface area contributed by atoms with E-state index in [9.17, 15) is 9.90 Å². The lowest BCUT2D eigenvalue weighted by Crippen LogP contribution is -2.12. The summed E-state index contributed by atoms with van der Waals surface area (Å²) in [5, 5.41) is 13.3. The topological polar surface area (TPSA) is 70.9 Å².